The molecule has 150 valence electrons. The van der Waals surface area contributed by atoms with Crippen molar-refractivity contribution in [2.24, 2.45) is 0 Å². The molecule has 3 heterocycles. The highest BCUT2D eigenvalue weighted by atomic mass is 32.2. The van der Waals surface area contributed by atoms with E-state index in [0.29, 0.717) is 26.3 Å². The lowest BCUT2D eigenvalue weighted by Gasteiger charge is -2.32. The average molecular weight is 406 g/mol. The zero-order valence-corrected chi connectivity index (χ0v) is 16.4. The minimum absolute atomic E-state index is 0.268. The number of benzene rings is 1. The van der Waals surface area contributed by atoms with E-state index in [9.17, 15) is 13.5 Å². The lowest BCUT2D eigenvalue weighted by Crippen LogP contribution is -2.48. The van der Waals surface area contributed by atoms with Crippen molar-refractivity contribution in [3.63, 3.8) is 0 Å². The molecule has 2 fully saturated rings. The summed E-state index contributed by atoms with van der Waals surface area (Å²) in [6.45, 7) is 5.02. The third kappa shape index (κ3) is 3.91. The van der Waals surface area contributed by atoms with Gasteiger partial charge in [0.25, 0.3) is 5.82 Å². The first-order valence-corrected chi connectivity index (χ1v) is 10.9. The van der Waals surface area contributed by atoms with E-state index >= 15 is 0 Å². The summed E-state index contributed by atoms with van der Waals surface area (Å²) < 4.78 is 32.1. The molecule has 8 nitrogen and oxygen atoms in total. The van der Waals surface area contributed by atoms with Gasteiger partial charge in [-0.3, -0.25) is 4.90 Å². The van der Waals surface area contributed by atoms with E-state index < -0.39 is 10.0 Å². The fourth-order valence-corrected chi connectivity index (χ4v) is 4.94. The number of H-pyrrole nitrogens is 1. The standard InChI is InChI=1S/C19H24N4O4S/c24-17-3-1-16(2-4-17)21-7-9-22(10-8-21)19-6-5-18(15-20-19)28(25,26)23-11-13-27-14-12-23/h1-6,15,24H,7-14H2/p+1. The summed E-state index contributed by atoms with van der Waals surface area (Å²) in [5.41, 5.74) is 1.09. The number of hydrogen-bond acceptors (Lipinski definition) is 6. The molecule has 0 bridgehead atoms. The van der Waals surface area contributed by atoms with Crippen LogP contribution < -0.4 is 14.8 Å². The lowest BCUT2D eigenvalue weighted by atomic mass is 10.2. The molecule has 2 aliphatic rings. The van der Waals surface area contributed by atoms with E-state index in [2.05, 4.69) is 14.8 Å². The molecular weight excluding hydrogens is 380 g/mol. The van der Waals surface area contributed by atoms with Crippen LogP contribution in [0, 0.1) is 0 Å². The number of aromatic hydroxyl groups is 1. The lowest BCUT2D eigenvalue weighted by molar-refractivity contribution is -0.367. The van der Waals surface area contributed by atoms with Crippen LogP contribution in [0.15, 0.2) is 47.5 Å². The Hall–Kier alpha value is -2.36. The van der Waals surface area contributed by atoms with Crippen LogP contribution in [0.1, 0.15) is 0 Å². The number of rotatable bonds is 4. The van der Waals surface area contributed by atoms with Crippen LogP contribution in [0.4, 0.5) is 11.5 Å². The highest BCUT2D eigenvalue weighted by molar-refractivity contribution is 7.89. The van der Waals surface area contributed by atoms with Gasteiger partial charge in [0.1, 0.15) is 29.9 Å². The van der Waals surface area contributed by atoms with Crippen molar-refractivity contribution >= 4 is 21.5 Å². The molecule has 0 unspecified atom stereocenters. The molecule has 0 radical (unpaired) electrons. The number of aromatic nitrogens is 1. The summed E-state index contributed by atoms with van der Waals surface area (Å²) in [5.74, 6) is 1.18. The number of sulfonamides is 1. The van der Waals surface area contributed by atoms with Gasteiger partial charge in [-0.15, -0.1) is 0 Å². The van der Waals surface area contributed by atoms with Gasteiger partial charge in [0, 0.05) is 24.8 Å². The molecule has 1 aromatic carbocycles. The largest absolute Gasteiger partial charge is 0.508 e. The Morgan fingerprint density at radius 1 is 0.857 bits per heavy atom. The SMILES string of the molecule is O=S(=O)(c1ccc(N2CCN(c3ccc(O)cc3)CC2)[nH+]c1)N1CCOCC1. The van der Waals surface area contributed by atoms with Crippen LogP contribution in [-0.2, 0) is 14.8 Å². The number of hydrogen-bond donors (Lipinski definition) is 1. The van der Waals surface area contributed by atoms with Gasteiger partial charge in [0.05, 0.1) is 26.3 Å². The van der Waals surface area contributed by atoms with Crippen molar-refractivity contribution in [3.8, 4) is 5.75 Å². The first-order valence-electron chi connectivity index (χ1n) is 9.42. The monoisotopic (exact) mass is 405 g/mol. The van der Waals surface area contributed by atoms with Gasteiger partial charge >= 0.3 is 0 Å². The number of anilines is 2. The Balaban J connectivity index is 1.40. The van der Waals surface area contributed by atoms with Crippen LogP contribution in [0.3, 0.4) is 0 Å². The highest BCUT2D eigenvalue weighted by Gasteiger charge is 2.29. The molecule has 4 rings (SSSR count). The van der Waals surface area contributed by atoms with E-state index in [1.807, 2.05) is 18.2 Å². The van der Waals surface area contributed by atoms with Gasteiger partial charge in [0.15, 0.2) is 0 Å². The number of piperazine rings is 1. The molecule has 1 aromatic heterocycles. The molecule has 9 heteroatoms. The number of phenolic OH excluding ortho intramolecular Hbond substituents is 1. The molecule has 28 heavy (non-hydrogen) atoms. The summed E-state index contributed by atoms with van der Waals surface area (Å²) in [4.78, 5) is 7.91. The van der Waals surface area contributed by atoms with Gasteiger partial charge in [-0.1, -0.05) is 0 Å². The molecule has 2 saturated heterocycles. The minimum atomic E-state index is -3.48. The Morgan fingerprint density at radius 2 is 1.50 bits per heavy atom. The third-order valence-corrected chi connectivity index (χ3v) is 7.11. The van der Waals surface area contributed by atoms with E-state index in [4.69, 9.17) is 4.74 Å². The van der Waals surface area contributed by atoms with Crippen molar-refractivity contribution in [1.29, 1.82) is 0 Å². The summed E-state index contributed by atoms with van der Waals surface area (Å²) in [7, 11) is -3.48. The zero-order chi connectivity index (χ0) is 19.6. The quantitative estimate of drug-likeness (QED) is 0.800. The second-order valence-electron chi connectivity index (χ2n) is 6.92. The summed E-state index contributed by atoms with van der Waals surface area (Å²) in [6, 6.07) is 10.7. The average Bonchev–Trinajstić information content (AvgIpc) is 2.75. The summed E-state index contributed by atoms with van der Waals surface area (Å²) >= 11 is 0. The van der Waals surface area contributed by atoms with Crippen molar-refractivity contribution < 1.29 is 23.2 Å². The topological polar surface area (TPSA) is 87.5 Å². The Morgan fingerprint density at radius 3 is 2.11 bits per heavy atom. The van der Waals surface area contributed by atoms with E-state index in [-0.39, 0.29) is 10.6 Å². The minimum Gasteiger partial charge on any atom is -0.508 e. The second-order valence-corrected chi connectivity index (χ2v) is 8.85. The van der Waals surface area contributed by atoms with Crippen LogP contribution in [0.2, 0.25) is 0 Å². The normalized spacial score (nSPS) is 19.0. The number of aromatic amines is 1. The molecule has 0 spiro atoms. The number of phenols is 1. The first kappa shape index (κ1) is 19.0. The molecule has 2 aromatic rings. The molecule has 0 aliphatic carbocycles. The molecular formula is C19H25N4O4S+. The van der Waals surface area contributed by atoms with Crippen LogP contribution in [0.5, 0.6) is 5.75 Å². The molecule has 0 amide bonds. The van der Waals surface area contributed by atoms with Crippen molar-refractivity contribution in [2.75, 3.05) is 62.3 Å². The van der Waals surface area contributed by atoms with Crippen LogP contribution in [-0.4, -0.2) is 70.3 Å². The number of pyridine rings is 1. The first-order chi connectivity index (χ1) is 13.5. The van der Waals surface area contributed by atoms with E-state index in [0.717, 1.165) is 37.7 Å². The Bertz CT molecular complexity index is 889. The molecule has 0 saturated carbocycles. The smallest absolute Gasteiger partial charge is 0.274 e. The maximum absolute atomic E-state index is 12.7. The fraction of sp³-hybridized carbons (Fsp3) is 0.421. The van der Waals surface area contributed by atoms with E-state index in [1.54, 1.807) is 24.4 Å². The maximum atomic E-state index is 12.7. The molecule has 2 N–H and O–H groups in total. The predicted octanol–water partition coefficient (Wildman–Crippen LogP) is 0.554. The number of morpholine rings is 1. The zero-order valence-electron chi connectivity index (χ0n) is 15.6. The van der Waals surface area contributed by atoms with Gasteiger partial charge < -0.3 is 14.7 Å². The molecule has 2 aliphatic heterocycles. The predicted molar refractivity (Wildman–Crippen MR) is 105 cm³/mol. The third-order valence-electron chi connectivity index (χ3n) is 5.21. The van der Waals surface area contributed by atoms with Crippen LogP contribution >= 0.6 is 0 Å². The Labute approximate surface area is 165 Å². The summed E-state index contributed by atoms with van der Waals surface area (Å²) in [6.07, 6.45) is 1.58. The van der Waals surface area contributed by atoms with Crippen molar-refractivity contribution in [3.05, 3.63) is 42.6 Å². The highest BCUT2D eigenvalue weighted by Crippen LogP contribution is 2.22. The number of nitrogens with one attached hydrogen (secondary N) is 1. The summed E-state index contributed by atoms with van der Waals surface area (Å²) in [5, 5.41) is 9.43. The second kappa shape index (κ2) is 7.94. The Kier molecular flexibility index (Phi) is 5.38. The van der Waals surface area contributed by atoms with E-state index in [1.165, 1.54) is 4.31 Å². The van der Waals surface area contributed by atoms with Gasteiger partial charge in [-0.05, 0) is 30.3 Å². The molecule has 0 atom stereocenters. The van der Waals surface area contributed by atoms with Gasteiger partial charge in [-0.2, -0.15) is 4.31 Å². The maximum Gasteiger partial charge on any atom is 0.274 e. The fourth-order valence-electron chi connectivity index (χ4n) is 3.56. The van der Waals surface area contributed by atoms with Gasteiger partial charge in [0.2, 0.25) is 10.0 Å². The van der Waals surface area contributed by atoms with Crippen molar-refractivity contribution in [2.45, 2.75) is 4.90 Å². The van der Waals surface area contributed by atoms with Gasteiger partial charge in [-0.25, -0.2) is 13.4 Å². The van der Waals surface area contributed by atoms with Crippen LogP contribution in [0.25, 0.3) is 0 Å². The number of nitrogens with zero attached hydrogens (tertiary/aromatic N) is 3. The van der Waals surface area contributed by atoms with Crippen molar-refractivity contribution in [1.82, 2.24) is 4.31 Å². The number of ether oxygens (including phenoxy) is 1.